The third kappa shape index (κ3) is 9.26. The summed E-state index contributed by atoms with van der Waals surface area (Å²) in [5.74, 6) is 0.127. The average Bonchev–Trinajstić information content (AvgIpc) is 3.36. The van der Waals surface area contributed by atoms with Crippen molar-refractivity contribution in [3.63, 3.8) is 0 Å². The number of benzene rings is 2. The molecular weight excluding hydrogens is 537 g/mol. The largest absolute Gasteiger partial charge is 0.489 e. The molecule has 0 saturated carbocycles. The zero-order valence-electron chi connectivity index (χ0n) is 21.6. The number of carbonyl (C=O) groups excluding carboxylic acids is 2. The molecule has 0 fully saturated rings. The first-order chi connectivity index (χ1) is 17.5. The van der Waals surface area contributed by atoms with E-state index in [1.807, 2.05) is 32.9 Å². The van der Waals surface area contributed by atoms with Crippen LogP contribution in [0.25, 0.3) is 0 Å². The number of amides is 1. The maximum absolute atomic E-state index is 12.3. The van der Waals surface area contributed by atoms with Gasteiger partial charge in [0.15, 0.2) is 5.75 Å². The van der Waals surface area contributed by atoms with E-state index in [1.54, 1.807) is 29.4 Å². The molecule has 1 atom stereocenters. The Morgan fingerprint density at radius 1 is 1.11 bits per heavy atom. The number of rotatable bonds is 8. The van der Waals surface area contributed by atoms with Gasteiger partial charge in [0.1, 0.15) is 19.0 Å². The van der Waals surface area contributed by atoms with E-state index in [9.17, 15) is 9.59 Å². The first kappa shape index (κ1) is 30.5. The number of imidazole rings is 1. The van der Waals surface area contributed by atoms with Gasteiger partial charge in [0.25, 0.3) is 0 Å². The second-order valence-corrected chi connectivity index (χ2v) is 9.58. The number of carbonyl (C=O) groups is 2. The van der Waals surface area contributed by atoms with Gasteiger partial charge in [-0.1, -0.05) is 59.9 Å². The molecule has 1 aromatic heterocycles. The van der Waals surface area contributed by atoms with Gasteiger partial charge in [-0.2, -0.15) is 0 Å². The molecule has 10 heteroatoms. The maximum Gasteiger partial charge on any atom is 0.329 e. The summed E-state index contributed by atoms with van der Waals surface area (Å²) in [5.41, 5.74) is 3.50. The molecule has 3 aromatic rings. The number of nitrogens with zero attached hydrogens (tertiary/aromatic N) is 3. The minimum absolute atomic E-state index is 0.152. The Hall–Kier alpha value is -2.74. The summed E-state index contributed by atoms with van der Waals surface area (Å²) in [5, 5.41) is 1.12. The first-order valence-electron chi connectivity index (χ1n) is 11.8. The van der Waals surface area contributed by atoms with Gasteiger partial charge in [0.05, 0.1) is 16.6 Å². The third-order valence-corrected chi connectivity index (χ3v) is 6.27. The van der Waals surface area contributed by atoms with Crippen molar-refractivity contribution in [1.29, 1.82) is 0 Å². The molecular formula is C27H32Cl3N3O4. The maximum atomic E-state index is 12.3. The Morgan fingerprint density at radius 2 is 1.78 bits per heavy atom. The number of hydrogen-bond donors (Lipinski definition) is 0. The molecule has 0 aliphatic heterocycles. The molecule has 0 radical (unpaired) electrons. The van der Waals surface area contributed by atoms with Gasteiger partial charge in [-0.05, 0) is 56.0 Å². The van der Waals surface area contributed by atoms with Crippen LogP contribution in [0, 0.1) is 13.8 Å². The predicted molar refractivity (Wildman–Crippen MR) is 148 cm³/mol. The molecule has 2 aromatic carbocycles. The summed E-state index contributed by atoms with van der Waals surface area (Å²) >= 11 is 18.0. The van der Waals surface area contributed by atoms with Crippen molar-refractivity contribution < 1.29 is 19.1 Å². The van der Waals surface area contributed by atoms with E-state index in [2.05, 4.69) is 18.0 Å². The van der Waals surface area contributed by atoms with Crippen molar-refractivity contribution in [3.8, 4) is 5.75 Å². The van der Waals surface area contributed by atoms with Crippen LogP contribution in [-0.4, -0.2) is 46.1 Å². The van der Waals surface area contributed by atoms with E-state index in [0.717, 1.165) is 12.0 Å². The lowest BCUT2D eigenvalue weighted by molar-refractivity contribution is -0.145. The first-order valence-corrected chi connectivity index (χ1v) is 13.0. The molecule has 3 rings (SSSR count). The number of halogens is 3. The van der Waals surface area contributed by atoms with Gasteiger partial charge in [0.2, 0.25) is 0 Å². The van der Waals surface area contributed by atoms with Gasteiger partial charge in [-0.15, -0.1) is 0 Å². The molecule has 0 bridgehead atoms. The van der Waals surface area contributed by atoms with Crippen LogP contribution in [0.5, 0.6) is 5.75 Å². The van der Waals surface area contributed by atoms with E-state index < -0.39 is 0 Å². The van der Waals surface area contributed by atoms with Crippen LogP contribution in [0.1, 0.15) is 50.0 Å². The van der Waals surface area contributed by atoms with Crippen molar-refractivity contribution in [2.75, 3.05) is 19.7 Å². The van der Waals surface area contributed by atoms with E-state index in [0.29, 0.717) is 33.9 Å². The number of aryl methyl sites for hydroxylation is 1. The highest BCUT2D eigenvalue weighted by atomic mass is 35.5. The van der Waals surface area contributed by atoms with Gasteiger partial charge in [-0.25, -0.2) is 9.78 Å². The summed E-state index contributed by atoms with van der Waals surface area (Å²) in [6.45, 7) is 10.7. The number of esters is 1. The SMILES string of the molecule is CC(=O)OC(C)c1cccc(C)c1C.CCCN(CCOc1c(Cl)cc(Cl)cc1Cl)C(=O)n1ccnc1. The summed E-state index contributed by atoms with van der Waals surface area (Å²) in [6, 6.07) is 9.00. The average molecular weight is 569 g/mol. The smallest absolute Gasteiger partial charge is 0.329 e. The Morgan fingerprint density at radius 3 is 2.35 bits per heavy atom. The Labute approximate surface area is 233 Å². The highest BCUT2D eigenvalue weighted by molar-refractivity contribution is 6.40. The lowest BCUT2D eigenvalue weighted by Gasteiger charge is -2.22. The molecule has 0 aliphatic carbocycles. The third-order valence-electron chi connectivity index (χ3n) is 5.49. The van der Waals surface area contributed by atoms with E-state index >= 15 is 0 Å². The highest BCUT2D eigenvalue weighted by Crippen LogP contribution is 2.35. The summed E-state index contributed by atoms with van der Waals surface area (Å²) in [7, 11) is 0. The molecule has 0 spiro atoms. The zero-order chi connectivity index (χ0) is 27.5. The van der Waals surface area contributed by atoms with Crippen LogP contribution in [0.2, 0.25) is 15.1 Å². The molecule has 7 nitrogen and oxygen atoms in total. The van der Waals surface area contributed by atoms with Gasteiger partial charge in [-0.3, -0.25) is 9.36 Å². The lowest BCUT2D eigenvalue weighted by Crippen LogP contribution is -2.37. The molecule has 0 saturated heterocycles. The van der Waals surface area contributed by atoms with Crippen LogP contribution in [0.15, 0.2) is 49.1 Å². The van der Waals surface area contributed by atoms with Crippen LogP contribution >= 0.6 is 34.8 Å². The highest BCUT2D eigenvalue weighted by Gasteiger charge is 2.16. The molecule has 200 valence electrons. The van der Waals surface area contributed by atoms with Crippen LogP contribution in [0.3, 0.4) is 0 Å². The normalized spacial score (nSPS) is 11.2. The van der Waals surface area contributed by atoms with Gasteiger partial charge < -0.3 is 14.4 Å². The number of hydrogen-bond acceptors (Lipinski definition) is 5. The Kier molecular flexibility index (Phi) is 12.2. The Balaban J connectivity index is 0.000000294. The zero-order valence-corrected chi connectivity index (χ0v) is 23.9. The monoisotopic (exact) mass is 567 g/mol. The molecule has 37 heavy (non-hydrogen) atoms. The van der Waals surface area contributed by atoms with Gasteiger partial charge in [0, 0.05) is 30.9 Å². The lowest BCUT2D eigenvalue weighted by atomic mass is 10.00. The minimum atomic E-state index is -0.238. The topological polar surface area (TPSA) is 73.7 Å². The molecule has 1 amide bonds. The molecule has 1 unspecified atom stereocenters. The number of aromatic nitrogens is 2. The standard InChI is InChI=1S/C15H16Cl3N3O2.C12H16O2/c1-2-4-20(15(22)21-5-3-19-10-21)6-7-23-14-12(17)8-11(16)9-13(14)18;1-8-6-5-7-12(9(8)2)10(3)14-11(4)13/h3,5,8-10H,2,4,6-7H2,1H3;5-7,10H,1-4H3. The van der Waals surface area contributed by atoms with Gasteiger partial charge >= 0.3 is 12.0 Å². The fourth-order valence-electron chi connectivity index (χ4n) is 3.56. The molecule has 0 N–H and O–H groups in total. The van der Waals surface area contributed by atoms with Crippen molar-refractivity contribution in [1.82, 2.24) is 14.5 Å². The Bertz CT molecular complexity index is 1160. The summed E-state index contributed by atoms with van der Waals surface area (Å²) in [4.78, 5) is 28.7. The summed E-state index contributed by atoms with van der Waals surface area (Å²) < 4.78 is 12.2. The van der Waals surface area contributed by atoms with E-state index in [-0.39, 0.29) is 24.7 Å². The van der Waals surface area contributed by atoms with Crippen molar-refractivity contribution >= 4 is 46.8 Å². The van der Waals surface area contributed by atoms with Crippen LogP contribution in [0.4, 0.5) is 4.79 Å². The predicted octanol–water partition coefficient (Wildman–Crippen LogP) is 7.53. The summed E-state index contributed by atoms with van der Waals surface area (Å²) in [6.07, 6.45) is 5.32. The minimum Gasteiger partial charge on any atom is -0.489 e. The molecule has 0 aliphatic rings. The number of ether oxygens (including phenoxy) is 2. The second kappa shape index (κ2) is 14.9. The van der Waals surface area contributed by atoms with E-state index in [4.69, 9.17) is 44.3 Å². The van der Waals surface area contributed by atoms with Crippen LogP contribution < -0.4 is 4.74 Å². The van der Waals surface area contributed by atoms with Crippen molar-refractivity contribution in [3.05, 3.63) is 80.8 Å². The van der Waals surface area contributed by atoms with Crippen LogP contribution in [-0.2, 0) is 9.53 Å². The van der Waals surface area contributed by atoms with E-state index in [1.165, 1.54) is 28.9 Å². The second-order valence-electron chi connectivity index (χ2n) is 8.33. The fourth-order valence-corrected chi connectivity index (χ4v) is 4.49. The fraction of sp³-hybridized carbons (Fsp3) is 0.370. The quantitative estimate of drug-likeness (QED) is 0.263. The van der Waals surface area contributed by atoms with Crippen molar-refractivity contribution in [2.24, 2.45) is 0 Å². The van der Waals surface area contributed by atoms with Crippen molar-refractivity contribution in [2.45, 2.75) is 47.1 Å². The molecule has 1 heterocycles.